The van der Waals surface area contributed by atoms with Crippen molar-refractivity contribution >= 4 is 15.9 Å². The molecule has 0 saturated carbocycles. The number of alkyl halides is 7. The molecule has 0 radical (unpaired) electrons. The average Bonchev–Trinajstić information content (AvgIpc) is 2.24. The summed E-state index contributed by atoms with van der Waals surface area (Å²) in [6.07, 6.45) is -10.3. The summed E-state index contributed by atoms with van der Waals surface area (Å²) in [6, 6.07) is 2.39. The molecule has 0 aliphatic carbocycles. The van der Waals surface area contributed by atoms with Gasteiger partial charge in [-0.25, -0.2) is 0 Å². The SMILES string of the molecule is N#Cc1cc(CBr)c(C(F)(F)F)c(C(F)(F)F)c1. The number of benzene rings is 1. The smallest absolute Gasteiger partial charge is 0.192 e. The highest BCUT2D eigenvalue weighted by Crippen LogP contribution is 2.43. The maximum Gasteiger partial charge on any atom is 0.417 e. The predicted molar refractivity (Wildman–Crippen MR) is 53.8 cm³/mol. The molecule has 0 aromatic heterocycles. The lowest BCUT2D eigenvalue weighted by Gasteiger charge is -2.18. The van der Waals surface area contributed by atoms with E-state index >= 15 is 0 Å². The molecule has 0 atom stereocenters. The van der Waals surface area contributed by atoms with E-state index in [2.05, 4.69) is 15.9 Å². The lowest BCUT2D eigenvalue weighted by Crippen LogP contribution is -2.19. The minimum absolute atomic E-state index is 0.203. The van der Waals surface area contributed by atoms with Crippen LogP contribution in [-0.4, -0.2) is 0 Å². The van der Waals surface area contributed by atoms with E-state index in [9.17, 15) is 26.3 Å². The first-order chi connectivity index (χ1) is 8.11. The van der Waals surface area contributed by atoms with Gasteiger partial charge in [0.05, 0.1) is 22.8 Å². The second kappa shape index (κ2) is 4.80. The number of hydrogen-bond donors (Lipinski definition) is 0. The van der Waals surface area contributed by atoms with E-state index in [1.165, 1.54) is 6.07 Å². The van der Waals surface area contributed by atoms with E-state index in [1.807, 2.05) is 0 Å². The second-order valence-electron chi connectivity index (χ2n) is 3.30. The summed E-state index contributed by atoms with van der Waals surface area (Å²) in [5.41, 5.74) is -4.69. The summed E-state index contributed by atoms with van der Waals surface area (Å²) in [5, 5.41) is 8.10. The number of hydrogen-bond acceptors (Lipinski definition) is 1. The summed E-state index contributed by atoms with van der Waals surface area (Å²) < 4.78 is 75.7. The molecule has 98 valence electrons. The Bertz CT molecular complexity index is 497. The van der Waals surface area contributed by atoms with E-state index in [4.69, 9.17) is 5.26 Å². The van der Waals surface area contributed by atoms with Crippen LogP contribution < -0.4 is 0 Å². The van der Waals surface area contributed by atoms with Crippen molar-refractivity contribution in [1.29, 1.82) is 5.26 Å². The molecule has 0 bridgehead atoms. The highest BCUT2D eigenvalue weighted by Gasteiger charge is 2.44. The summed E-state index contributed by atoms with van der Waals surface area (Å²) in [7, 11) is 0. The van der Waals surface area contributed by atoms with E-state index in [1.54, 1.807) is 0 Å². The maximum absolute atomic E-state index is 12.7. The van der Waals surface area contributed by atoms with Crippen molar-refractivity contribution < 1.29 is 26.3 Å². The normalized spacial score (nSPS) is 12.3. The molecule has 1 rings (SSSR count). The van der Waals surface area contributed by atoms with Gasteiger partial charge in [0, 0.05) is 5.33 Å². The fourth-order valence-corrected chi connectivity index (χ4v) is 1.87. The van der Waals surface area contributed by atoms with Crippen molar-refractivity contribution in [3.8, 4) is 6.07 Å². The molecule has 1 aromatic carbocycles. The van der Waals surface area contributed by atoms with Crippen molar-refractivity contribution in [3.05, 3.63) is 34.4 Å². The molecule has 1 nitrogen and oxygen atoms in total. The van der Waals surface area contributed by atoms with Gasteiger partial charge in [0.15, 0.2) is 0 Å². The Morgan fingerprint density at radius 2 is 1.61 bits per heavy atom. The van der Waals surface area contributed by atoms with Crippen molar-refractivity contribution in [2.75, 3.05) is 0 Å². The fraction of sp³-hybridized carbons (Fsp3) is 0.300. The van der Waals surface area contributed by atoms with E-state index in [0.29, 0.717) is 0 Å². The van der Waals surface area contributed by atoms with E-state index in [0.717, 1.165) is 6.07 Å². The molecular formula is C10H4BrF6N. The standard InChI is InChI=1S/C10H4BrF6N/c11-3-6-1-5(4-18)2-7(9(12,13)14)8(6)10(15,16)17/h1-2H,3H2. The molecule has 0 fully saturated rings. The second-order valence-corrected chi connectivity index (χ2v) is 3.86. The zero-order chi connectivity index (χ0) is 14.1. The molecule has 0 unspecified atom stereocenters. The highest BCUT2D eigenvalue weighted by atomic mass is 79.9. The molecule has 18 heavy (non-hydrogen) atoms. The largest absolute Gasteiger partial charge is 0.417 e. The Morgan fingerprint density at radius 1 is 1.06 bits per heavy atom. The van der Waals surface area contributed by atoms with Gasteiger partial charge in [0.2, 0.25) is 0 Å². The molecule has 8 heteroatoms. The monoisotopic (exact) mass is 331 g/mol. The highest BCUT2D eigenvalue weighted by molar-refractivity contribution is 9.08. The molecule has 0 saturated heterocycles. The van der Waals surface area contributed by atoms with Crippen LogP contribution in [-0.2, 0) is 17.7 Å². The van der Waals surface area contributed by atoms with Crippen LogP contribution in [0.2, 0.25) is 0 Å². The number of halogens is 7. The number of rotatable bonds is 1. The molecular weight excluding hydrogens is 328 g/mol. The Hall–Kier alpha value is -1.23. The Morgan fingerprint density at radius 3 is 1.94 bits per heavy atom. The first-order valence-corrected chi connectivity index (χ1v) is 5.50. The summed E-state index contributed by atoms with van der Waals surface area (Å²) in [6.45, 7) is 0. The third kappa shape index (κ3) is 2.96. The van der Waals surface area contributed by atoms with Gasteiger partial charge in [-0.15, -0.1) is 0 Å². The topological polar surface area (TPSA) is 23.8 Å². The first kappa shape index (κ1) is 14.8. The van der Waals surface area contributed by atoms with Gasteiger partial charge in [-0.3, -0.25) is 0 Å². The van der Waals surface area contributed by atoms with Gasteiger partial charge in [0.25, 0.3) is 0 Å². The molecule has 0 aliphatic rings. The lowest BCUT2D eigenvalue weighted by molar-refractivity contribution is -0.162. The van der Waals surface area contributed by atoms with Crippen molar-refractivity contribution in [3.63, 3.8) is 0 Å². The van der Waals surface area contributed by atoms with Gasteiger partial charge in [-0.05, 0) is 17.7 Å². The van der Waals surface area contributed by atoms with Crippen LogP contribution in [0.1, 0.15) is 22.3 Å². The van der Waals surface area contributed by atoms with E-state index < -0.39 is 39.9 Å². The predicted octanol–water partition coefficient (Wildman–Crippen LogP) is 4.49. The van der Waals surface area contributed by atoms with Crippen LogP contribution in [0.25, 0.3) is 0 Å². The molecule has 0 amide bonds. The van der Waals surface area contributed by atoms with Gasteiger partial charge in [-0.1, -0.05) is 15.9 Å². The van der Waals surface area contributed by atoms with E-state index in [-0.39, 0.29) is 6.07 Å². The Kier molecular flexibility index (Phi) is 3.96. The van der Waals surface area contributed by atoms with Crippen LogP contribution in [0.15, 0.2) is 12.1 Å². The lowest BCUT2D eigenvalue weighted by atomic mass is 9.98. The van der Waals surface area contributed by atoms with Crippen molar-refractivity contribution in [2.45, 2.75) is 17.7 Å². The minimum atomic E-state index is -5.17. The van der Waals surface area contributed by atoms with Crippen LogP contribution in [0.3, 0.4) is 0 Å². The van der Waals surface area contributed by atoms with Crippen LogP contribution >= 0.6 is 15.9 Å². The van der Waals surface area contributed by atoms with Crippen LogP contribution in [0, 0.1) is 11.3 Å². The quantitative estimate of drug-likeness (QED) is 0.549. The van der Waals surface area contributed by atoms with Crippen molar-refractivity contribution in [1.82, 2.24) is 0 Å². The maximum atomic E-state index is 12.7. The number of nitriles is 1. The number of nitrogens with zero attached hydrogens (tertiary/aromatic N) is 1. The molecule has 0 spiro atoms. The fourth-order valence-electron chi connectivity index (χ4n) is 1.43. The third-order valence-corrected chi connectivity index (χ3v) is 2.69. The molecule has 0 N–H and O–H groups in total. The summed E-state index contributed by atoms with van der Waals surface area (Å²) in [5.74, 6) is 0. The van der Waals surface area contributed by atoms with Crippen LogP contribution in [0.4, 0.5) is 26.3 Å². The minimum Gasteiger partial charge on any atom is -0.192 e. The van der Waals surface area contributed by atoms with Gasteiger partial charge >= 0.3 is 12.4 Å². The Balaban J connectivity index is 3.71. The molecule has 1 aromatic rings. The zero-order valence-corrected chi connectivity index (χ0v) is 10.0. The average molecular weight is 332 g/mol. The Labute approximate surface area is 106 Å². The van der Waals surface area contributed by atoms with Gasteiger partial charge in [-0.2, -0.15) is 31.6 Å². The van der Waals surface area contributed by atoms with Gasteiger partial charge < -0.3 is 0 Å². The summed E-state index contributed by atoms with van der Waals surface area (Å²) in [4.78, 5) is 0. The molecule has 0 heterocycles. The summed E-state index contributed by atoms with van der Waals surface area (Å²) >= 11 is 2.69. The zero-order valence-electron chi connectivity index (χ0n) is 8.45. The first-order valence-electron chi connectivity index (χ1n) is 4.38. The van der Waals surface area contributed by atoms with Crippen molar-refractivity contribution in [2.24, 2.45) is 0 Å². The third-order valence-electron chi connectivity index (χ3n) is 2.08. The van der Waals surface area contributed by atoms with Crippen LogP contribution in [0.5, 0.6) is 0 Å². The van der Waals surface area contributed by atoms with Gasteiger partial charge in [0.1, 0.15) is 0 Å². The molecule has 0 aliphatic heterocycles.